The van der Waals surface area contributed by atoms with Crippen LogP contribution in [0.5, 0.6) is 0 Å². The van der Waals surface area contributed by atoms with Crippen LogP contribution >= 0.6 is 47.8 Å². The minimum atomic E-state index is 0.454. The molecule has 0 spiro atoms. The molecule has 0 N–H and O–H groups in total. The second-order valence-electron chi connectivity index (χ2n) is 5.04. The minimum Gasteiger partial charge on any atom is -0.0838 e. The van der Waals surface area contributed by atoms with Crippen LogP contribution in [-0.2, 0) is 0 Å². The Morgan fingerprint density at radius 3 is 2.26 bits per heavy atom. The first-order valence-corrected chi connectivity index (χ1v) is 9.74. The van der Waals surface area contributed by atoms with E-state index in [1.165, 1.54) is 61.4 Å². The normalized spacial score (nSPS) is 12.6. The van der Waals surface area contributed by atoms with Crippen molar-refractivity contribution >= 4 is 47.8 Å². The molecular weight excluding hydrogens is 432 g/mol. The molecule has 0 radical (unpaired) electrons. The van der Waals surface area contributed by atoms with Crippen LogP contribution in [0.4, 0.5) is 0 Å². The lowest BCUT2D eigenvalue weighted by Crippen LogP contribution is -1.92. The number of halogens is 3. The summed E-state index contributed by atoms with van der Waals surface area (Å²) in [5.41, 5.74) is 1.35. The van der Waals surface area contributed by atoms with E-state index in [4.69, 9.17) is 0 Å². The Balaban J connectivity index is 2.23. The lowest BCUT2D eigenvalue weighted by atomic mass is 10.0. The van der Waals surface area contributed by atoms with Gasteiger partial charge in [0.15, 0.2) is 0 Å². The standard InChI is InChI=1S/C16H23Br3/c1-2-3-4-5-6-7-8-9-15(18)14-12-13(17)10-11-16(14)19/h10-12,15H,2-9H2,1H3. The summed E-state index contributed by atoms with van der Waals surface area (Å²) in [4.78, 5) is 0.454. The fourth-order valence-corrected chi connectivity index (χ4v) is 4.10. The van der Waals surface area contributed by atoms with E-state index in [-0.39, 0.29) is 0 Å². The first-order chi connectivity index (χ1) is 9.15. The molecule has 0 aliphatic rings. The Kier molecular flexibility index (Phi) is 9.69. The summed E-state index contributed by atoms with van der Waals surface area (Å²) < 4.78 is 2.34. The van der Waals surface area contributed by atoms with Crippen molar-refractivity contribution in [1.29, 1.82) is 0 Å². The Morgan fingerprint density at radius 2 is 1.58 bits per heavy atom. The van der Waals surface area contributed by atoms with Gasteiger partial charge in [0.25, 0.3) is 0 Å². The summed E-state index contributed by atoms with van der Waals surface area (Å²) in [6.07, 6.45) is 10.8. The van der Waals surface area contributed by atoms with Crippen molar-refractivity contribution in [2.75, 3.05) is 0 Å². The highest BCUT2D eigenvalue weighted by atomic mass is 79.9. The second-order valence-corrected chi connectivity index (χ2v) is 7.92. The summed E-state index contributed by atoms with van der Waals surface area (Å²) in [6, 6.07) is 6.38. The first kappa shape index (κ1) is 17.7. The Labute approximate surface area is 143 Å². The van der Waals surface area contributed by atoms with Gasteiger partial charge in [-0.25, -0.2) is 0 Å². The van der Waals surface area contributed by atoms with E-state index in [1.807, 2.05) is 0 Å². The van der Waals surface area contributed by atoms with E-state index in [2.05, 4.69) is 72.9 Å². The van der Waals surface area contributed by atoms with Crippen LogP contribution in [0.2, 0.25) is 0 Å². The van der Waals surface area contributed by atoms with Gasteiger partial charge in [-0.1, -0.05) is 99.7 Å². The zero-order valence-corrected chi connectivity index (χ0v) is 16.4. The molecule has 0 heterocycles. The monoisotopic (exact) mass is 452 g/mol. The highest BCUT2D eigenvalue weighted by Gasteiger charge is 2.11. The highest BCUT2D eigenvalue weighted by Crippen LogP contribution is 2.35. The average Bonchev–Trinajstić information content (AvgIpc) is 2.40. The van der Waals surface area contributed by atoms with Crippen molar-refractivity contribution in [1.82, 2.24) is 0 Å². The third-order valence-corrected chi connectivity index (χ3v) is 5.52. The van der Waals surface area contributed by atoms with Crippen LogP contribution in [0, 0.1) is 0 Å². The minimum absolute atomic E-state index is 0.454. The average molecular weight is 455 g/mol. The van der Waals surface area contributed by atoms with E-state index < -0.39 is 0 Å². The number of hydrogen-bond acceptors (Lipinski definition) is 0. The van der Waals surface area contributed by atoms with Gasteiger partial charge in [0.1, 0.15) is 0 Å². The van der Waals surface area contributed by atoms with Crippen molar-refractivity contribution in [2.45, 2.75) is 63.1 Å². The highest BCUT2D eigenvalue weighted by molar-refractivity contribution is 9.11. The van der Waals surface area contributed by atoms with Crippen LogP contribution in [0.25, 0.3) is 0 Å². The number of benzene rings is 1. The molecule has 0 amide bonds. The summed E-state index contributed by atoms with van der Waals surface area (Å²) in [5, 5.41) is 0. The van der Waals surface area contributed by atoms with Gasteiger partial charge in [-0.05, 0) is 30.2 Å². The van der Waals surface area contributed by atoms with Crippen molar-refractivity contribution in [2.24, 2.45) is 0 Å². The summed E-state index contributed by atoms with van der Waals surface area (Å²) in [7, 11) is 0. The topological polar surface area (TPSA) is 0 Å². The van der Waals surface area contributed by atoms with Gasteiger partial charge in [-0.3, -0.25) is 0 Å². The third-order valence-electron chi connectivity index (χ3n) is 3.36. The van der Waals surface area contributed by atoms with Gasteiger partial charge in [0, 0.05) is 13.8 Å². The van der Waals surface area contributed by atoms with Gasteiger partial charge in [0.2, 0.25) is 0 Å². The number of alkyl halides is 1. The zero-order valence-electron chi connectivity index (χ0n) is 11.6. The summed E-state index contributed by atoms with van der Waals surface area (Å²) in [5.74, 6) is 0. The van der Waals surface area contributed by atoms with Crippen LogP contribution in [0.15, 0.2) is 27.1 Å². The third kappa shape index (κ3) is 7.29. The van der Waals surface area contributed by atoms with Gasteiger partial charge in [-0.15, -0.1) is 0 Å². The van der Waals surface area contributed by atoms with Crippen LogP contribution in [0.3, 0.4) is 0 Å². The van der Waals surface area contributed by atoms with Crippen molar-refractivity contribution < 1.29 is 0 Å². The maximum absolute atomic E-state index is 3.81. The molecule has 0 nitrogen and oxygen atoms in total. The van der Waals surface area contributed by atoms with Gasteiger partial charge >= 0.3 is 0 Å². The molecule has 1 rings (SSSR count). The van der Waals surface area contributed by atoms with Crippen molar-refractivity contribution in [3.05, 3.63) is 32.7 Å². The van der Waals surface area contributed by atoms with Gasteiger partial charge < -0.3 is 0 Å². The van der Waals surface area contributed by atoms with Gasteiger partial charge in [0.05, 0.1) is 0 Å². The molecule has 0 bridgehead atoms. The molecule has 0 aliphatic carbocycles. The summed E-state index contributed by atoms with van der Waals surface area (Å²) in [6.45, 7) is 2.27. The fourth-order valence-electron chi connectivity index (χ4n) is 2.19. The maximum atomic E-state index is 3.81. The summed E-state index contributed by atoms with van der Waals surface area (Å²) >= 11 is 11.0. The molecular formula is C16H23Br3. The molecule has 1 atom stereocenters. The predicted octanol–water partition coefficient (Wildman–Crippen LogP) is 7.79. The van der Waals surface area contributed by atoms with Crippen LogP contribution in [-0.4, -0.2) is 0 Å². The molecule has 0 saturated carbocycles. The Bertz CT molecular complexity index is 363. The number of hydrogen-bond donors (Lipinski definition) is 0. The van der Waals surface area contributed by atoms with Crippen LogP contribution < -0.4 is 0 Å². The van der Waals surface area contributed by atoms with E-state index in [1.54, 1.807) is 0 Å². The molecule has 19 heavy (non-hydrogen) atoms. The molecule has 0 aromatic heterocycles. The molecule has 0 fully saturated rings. The van der Waals surface area contributed by atoms with Gasteiger partial charge in [-0.2, -0.15) is 0 Å². The predicted molar refractivity (Wildman–Crippen MR) is 96.1 cm³/mol. The van der Waals surface area contributed by atoms with E-state index in [9.17, 15) is 0 Å². The fraction of sp³-hybridized carbons (Fsp3) is 0.625. The number of rotatable bonds is 9. The van der Waals surface area contributed by atoms with Crippen LogP contribution in [0.1, 0.15) is 68.7 Å². The lowest BCUT2D eigenvalue weighted by molar-refractivity contribution is 0.574. The molecule has 0 saturated heterocycles. The molecule has 1 aromatic carbocycles. The Hall–Kier alpha value is 0.660. The quantitative estimate of drug-likeness (QED) is 0.264. The molecule has 1 unspecified atom stereocenters. The molecule has 108 valence electrons. The lowest BCUT2D eigenvalue weighted by Gasteiger charge is -2.12. The SMILES string of the molecule is CCCCCCCCCC(Br)c1cc(Br)ccc1Br. The van der Waals surface area contributed by atoms with E-state index in [0.717, 1.165) is 4.47 Å². The van der Waals surface area contributed by atoms with E-state index >= 15 is 0 Å². The van der Waals surface area contributed by atoms with Crippen molar-refractivity contribution in [3.8, 4) is 0 Å². The van der Waals surface area contributed by atoms with Crippen molar-refractivity contribution in [3.63, 3.8) is 0 Å². The smallest absolute Gasteiger partial charge is 0.0406 e. The molecule has 0 aliphatic heterocycles. The van der Waals surface area contributed by atoms with E-state index in [0.29, 0.717) is 4.83 Å². The Morgan fingerprint density at radius 1 is 0.947 bits per heavy atom. The first-order valence-electron chi connectivity index (χ1n) is 7.24. The zero-order chi connectivity index (χ0) is 14.1. The molecule has 3 heteroatoms. The maximum Gasteiger partial charge on any atom is 0.0406 e. The second kappa shape index (κ2) is 10.4. The largest absolute Gasteiger partial charge is 0.0838 e. The number of unbranched alkanes of at least 4 members (excludes halogenated alkanes) is 6. The molecule has 1 aromatic rings.